The Kier molecular flexibility index (Phi) is 5.33. The summed E-state index contributed by atoms with van der Waals surface area (Å²) in [6, 6.07) is 12.7. The third kappa shape index (κ3) is 3.61. The van der Waals surface area contributed by atoms with Crippen LogP contribution in [0, 0.1) is 11.8 Å². The van der Waals surface area contributed by atoms with E-state index in [2.05, 4.69) is 10.3 Å². The van der Waals surface area contributed by atoms with Crippen LogP contribution < -0.4 is 5.32 Å². The molecule has 1 saturated carbocycles. The van der Waals surface area contributed by atoms with Gasteiger partial charge in [-0.15, -0.1) is 0 Å². The highest BCUT2D eigenvalue weighted by Gasteiger charge is 2.50. The third-order valence-electron chi connectivity index (χ3n) is 5.90. The average molecular weight is 378 g/mol. The molecular weight excluding hydrogens is 355 g/mol. The number of nitrogens with one attached hydrogen (secondary N) is 1. The molecule has 1 aromatic carbocycles. The molecule has 1 saturated heterocycles. The zero-order valence-corrected chi connectivity index (χ0v) is 15.5. The van der Waals surface area contributed by atoms with Crippen molar-refractivity contribution in [2.45, 2.75) is 37.4 Å². The Morgan fingerprint density at radius 3 is 2.71 bits per heavy atom. The highest BCUT2D eigenvalue weighted by molar-refractivity contribution is 6.09. The Hall–Kier alpha value is -2.82. The number of allylic oxidation sites excluding steroid dienone is 1. The van der Waals surface area contributed by atoms with Gasteiger partial charge in [0, 0.05) is 18.3 Å². The van der Waals surface area contributed by atoms with Crippen LogP contribution in [-0.2, 0) is 9.59 Å². The van der Waals surface area contributed by atoms with Gasteiger partial charge < -0.3 is 5.32 Å². The number of hydrogen-bond acceptors (Lipinski definition) is 3. The summed E-state index contributed by atoms with van der Waals surface area (Å²) in [5.74, 6) is -1.87. The molecule has 2 fully saturated rings. The Labute approximate surface area is 163 Å². The van der Waals surface area contributed by atoms with E-state index in [0.717, 1.165) is 24.0 Å². The van der Waals surface area contributed by atoms with Crippen LogP contribution in [0.4, 0.5) is 4.39 Å². The van der Waals surface area contributed by atoms with E-state index in [9.17, 15) is 14.0 Å². The molecular formula is C23H23FN2O2. The Bertz CT molecular complexity index is 869. The Morgan fingerprint density at radius 2 is 1.96 bits per heavy atom. The number of benzene rings is 1. The fourth-order valence-electron chi connectivity index (χ4n) is 4.62. The van der Waals surface area contributed by atoms with Gasteiger partial charge in [0.15, 0.2) is 5.78 Å². The molecule has 0 bridgehead atoms. The fraction of sp³-hybridized carbons (Fsp3) is 0.348. The van der Waals surface area contributed by atoms with E-state index in [-0.39, 0.29) is 23.5 Å². The second kappa shape index (κ2) is 8.05. The summed E-state index contributed by atoms with van der Waals surface area (Å²) in [7, 11) is 0. The summed E-state index contributed by atoms with van der Waals surface area (Å²) in [6.45, 7) is 0. The molecule has 2 heterocycles. The number of carbonyl (C=O) groups is 2. The molecule has 2 aromatic rings. The van der Waals surface area contributed by atoms with Gasteiger partial charge in [0.05, 0.1) is 6.04 Å². The normalized spacial score (nSPS) is 29.9. The standard InChI is InChI=1S/C23H23FN2O2/c24-18-10-4-9-17-20(16-7-2-1-3-8-16)21(23(28)26-22(17)18)19(27)12-11-15-6-5-13-25-14-15/h1-3,5-8,11-14,17-18,20-22H,4,9-10H2,(H,26,28)/b12-11+. The molecule has 5 unspecified atom stereocenters. The molecule has 0 radical (unpaired) electrons. The summed E-state index contributed by atoms with van der Waals surface area (Å²) in [5, 5.41) is 2.82. The van der Waals surface area contributed by atoms with E-state index < -0.39 is 18.1 Å². The topological polar surface area (TPSA) is 59.1 Å². The number of piperidine rings is 1. The van der Waals surface area contributed by atoms with Crippen molar-refractivity contribution in [3.63, 3.8) is 0 Å². The number of nitrogens with zero attached hydrogens (tertiary/aromatic N) is 1. The minimum atomic E-state index is -1.06. The van der Waals surface area contributed by atoms with E-state index in [1.165, 1.54) is 6.08 Å². The molecule has 2 aliphatic rings. The lowest BCUT2D eigenvalue weighted by atomic mass is 9.64. The summed E-state index contributed by atoms with van der Waals surface area (Å²) in [4.78, 5) is 30.0. The van der Waals surface area contributed by atoms with Gasteiger partial charge in [-0.25, -0.2) is 4.39 Å². The van der Waals surface area contributed by atoms with Crippen molar-refractivity contribution in [3.05, 3.63) is 72.1 Å². The lowest BCUT2D eigenvalue weighted by Crippen LogP contribution is -2.59. The maximum Gasteiger partial charge on any atom is 0.231 e. The van der Waals surface area contributed by atoms with E-state index in [4.69, 9.17) is 0 Å². The number of rotatable bonds is 4. The second-order valence-electron chi connectivity index (χ2n) is 7.58. The number of fused-ring (bicyclic) bond motifs is 1. The lowest BCUT2D eigenvalue weighted by molar-refractivity contribution is -0.139. The number of aromatic nitrogens is 1. The van der Waals surface area contributed by atoms with E-state index >= 15 is 0 Å². The molecule has 144 valence electrons. The van der Waals surface area contributed by atoms with Crippen LogP contribution >= 0.6 is 0 Å². The number of alkyl halides is 1. The number of ketones is 1. The first-order valence-electron chi connectivity index (χ1n) is 9.76. The second-order valence-corrected chi connectivity index (χ2v) is 7.58. The smallest absolute Gasteiger partial charge is 0.231 e. The number of hydrogen-bond donors (Lipinski definition) is 1. The summed E-state index contributed by atoms with van der Waals surface area (Å²) >= 11 is 0. The number of amides is 1. The molecule has 0 spiro atoms. The zero-order valence-electron chi connectivity index (χ0n) is 15.5. The highest BCUT2D eigenvalue weighted by atomic mass is 19.1. The van der Waals surface area contributed by atoms with Gasteiger partial charge in [0.2, 0.25) is 5.91 Å². The molecule has 1 aromatic heterocycles. The molecule has 28 heavy (non-hydrogen) atoms. The van der Waals surface area contributed by atoms with Gasteiger partial charge in [-0.3, -0.25) is 14.6 Å². The number of carbonyl (C=O) groups excluding carboxylic acids is 2. The van der Waals surface area contributed by atoms with Gasteiger partial charge in [-0.2, -0.15) is 0 Å². The van der Waals surface area contributed by atoms with Crippen molar-refractivity contribution in [1.82, 2.24) is 10.3 Å². The first kappa shape index (κ1) is 18.5. The molecule has 5 heteroatoms. The van der Waals surface area contributed by atoms with Crippen molar-refractivity contribution in [2.75, 3.05) is 0 Å². The molecule has 1 aliphatic carbocycles. The monoisotopic (exact) mass is 378 g/mol. The van der Waals surface area contributed by atoms with Gasteiger partial charge in [0.1, 0.15) is 12.1 Å². The first-order valence-corrected chi connectivity index (χ1v) is 9.76. The number of pyridine rings is 1. The Morgan fingerprint density at radius 1 is 1.14 bits per heavy atom. The quantitative estimate of drug-likeness (QED) is 0.652. The summed E-state index contributed by atoms with van der Waals surface area (Å²) in [5.41, 5.74) is 1.72. The van der Waals surface area contributed by atoms with Crippen LogP contribution in [0.5, 0.6) is 0 Å². The van der Waals surface area contributed by atoms with Crippen molar-refractivity contribution in [2.24, 2.45) is 11.8 Å². The van der Waals surface area contributed by atoms with Crippen molar-refractivity contribution < 1.29 is 14.0 Å². The van der Waals surface area contributed by atoms with E-state index in [0.29, 0.717) is 6.42 Å². The average Bonchev–Trinajstić information content (AvgIpc) is 2.73. The zero-order chi connectivity index (χ0) is 19.5. The van der Waals surface area contributed by atoms with E-state index in [1.54, 1.807) is 24.5 Å². The first-order chi connectivity index (χ1) is 13.6. The lowest BCUT2D eigenvalue weighted by Gasteiger charge is -2.46. The van der Waals surface area contributed by atoms with Crippen molar-refractivity contribution >= 4 is 17.8 Å². The maximum absolute atomic E-state index is 14.6. The SMILES string of the molecule is O=C(/C=C/c1cccnc1)C1C(=O)NC2C(F)CCCC2C1c1ccccc1. The van der Waals surface area contributed by atoms with E-state index in [1.807, 2.05) is 36.4 Å². The van der Waals surface area contributed by atoms with Crippen LogP contribution in [0.25, 0.3) is 6.08 Å². The molecule has 5 atom stereocenters. The van der Waals surface area contributed by atoms with Crippen LogP contribution in [0.2, 0.25) is 0 Å². The molecule has 1 amide bonds. The number of halogens is 1. The third-order valence-corrected chi connectivity index (χ3v) is 5.90. The van der Waals surface area contributed by atoms with Gasteiger partial charge >= 0.3 is 0 Å². The summed E-state index contributed by atoms with van der Waals surface area (Å²) < 4.78 is 14.6. The molecule has 4 rings (SSSR count). The van der Waals surface area contributed by atoms with Gasteiger partial charge in [-0.1, -0.05) is 42.8 Å². The Balaban J connectivity index is 1.68. The molecule has 1 N–H and O–H groups in total. The minimum absolute atomic E-state index is 0.0791. The summed E-state index contributed by atoms with van der Waals surface area (Å²) in [6.07, 6.45) is 7.43. The van der Waals surface area contributed by atoms with Crippen LogP contribution in [0.15, 0.2) is 60.9 Å². The predicted octanol–water partition coefficient (Wildman–Crippen LogP) is 3.70. The minimum Gasteiger partial charge on any atom is -0.349 e. The van der Waals surface area contributed by atoms with Crippen molar-refractivity contribution in [3.8, 4) is 0 Å². The van der Waals surface area contributed by atoms with Crippen LogP contribution in [0.1, 0.15) is 36.3 Å². The van der Waals surface area contributed by atoms with Crippen molar-refractivity contribution in [1.29, 1.82) is 0 Å². The largest absolute Gasteiger partial charge is 0.349 e. The van der Waals surface area contributed by atoms with Gasteiger partial charge in [-0.05, 0) is 48.1 Å². The van der Waals surface area contributed by atoms with Crippen LogP contribution in [-0.4, -0.2) is 28.9 Å². The molecule has 1 aliphatic heterocycles. The maximum atomic E-state index is 14.6. The van der Waals surface area contributed by atoms with Gasteiger partial charge in [0.25, 0.3) is 0 Å². The molecule has 4 nitrogen and oxygen atoms in total. The predicted molar refractivity (Wildman–Crippen MR) is 105 cm³/mol. The fourth-order valence-corrected chi connectivity index (χ4v) is 4.62. The van der Waals surface area contributed by atoms with Crippen LogP contribution in [0.3, 0.4) is 0 Å². The highest BCUT2D eigenvalue weighted by Crippen LogP contribution is 2.45.